The number of anilines is 1. The SMILES string of the molecule is CC1(C)C=Cc2c(ccc(C=Nc3ccc(NS(=O)(=O)c4ccccc4)cc3)c2O)O1. The van der Waals surface area contributed by atoms with Crippen LogP contribution in [0.1, 0.15) is 25.0 Å². The molecular formula is C24H22N2O4S. The molecule has 3 aromatic carbocycles. The molecule has 0 unspecified atom stereocenters. The van der Waals surface area contributed by atoms with E-state index in [2.05, 4.69) is 9.71 Å². The van der Waals surface area contributed by atoms with Crippen LogP contribution >= 0.6 is 0 Å². The lowest BCUT2D eigenvalue weighted by Crippen LogP contribution is -2.27. The van der Waals surface area contributed by atoms with Crippen molar-refractivity contribution < 1.29 is 18.3 Å². The fourth-order valence-electron chi connectivity index (χ4n) is 3.14. The van der Waals surface area contributed by atoms with Crippen LogP contribution in [0, 0.1) is 0 Å². The van der Waals surface area contributed by atoms with E-state index in [4.69, 9.17) is 4.74 Å². The lowest BCUT2D eigenvalue weighted by atomic mass is 10.00. The zero-order valence-corrected chi connectivity index (χ0v) is 17.9. The Kier molecular flexibility index (Phi) is 5.29. The molecule has 0 spiro atoms. The highest BCUT2D eigenvalue weighted by Gasteiger charge is 2.24. The highest BCUT2D eigenvalue weighted by molar-refractivity contribution is 7.92. The number of ether oxygens (including phenoxy) is 1. The van der Waals surface area contributed by atoms with Crippen LogP contribution in [0.2, 0.25) is 0 Å². The summed E-state index contributed by atoms with van der Waals surface area (Å²) in [7, 11) is -3.64. The topological polar surface area (TPSA) is 88.0 Å². The summed E-state index contributed by atoms with van der Waals surface area (Å²) in [4.78, 5) is 4.58. The minimum atomic E-state index is -3.64. The molecule has 0 radical (unpaired) electrons. The Morgan fingerprint density at radius 1 is 1.00 bits per heavy atom. The average molecular weight is 435 g/mol. The van der Waals surface area contributed by atoms with Gasteiger partial charge in [-0.3, -0.25) is 9.71 Å². The molecule has 0 aliphatic carbocycles. The first-order valence-electron chi connectivity index (χ1n) is 9.70. The van der Waals surface area contributed by atoms with Gasteiger partial charge in [0, 0.05) is 17.5 Å². The van der Waals surface area contributed by atoms with Crippen molar-refractivity contribution in [1.82, 2.24) is 0 Å². The van der Waals surface area contributed by atoms with Crippen molar-refractivity contribution >= 4 is 33.7 Å². The summed E-state index contributed by atoms with van der Waals surface area (Å²) in [6.07, 6.45) is 5.30. The number of aromatic hydroxyl groups is 1. The summed E-state index contributed by atoms with van der Waals surface area (Å²) in [5.74, 6) is 0.720. The van der Waals surface area contributed by atoms with Crippen LogP contribution in [0.4, 0.5) is 11.4 Å². The van der Waals surface area contributed by atoms with Gasteiger partial charge in [-0.05, 0) is 74.5 Å². The fourth-order valence-corrected chi connectivity index (χ4v) is 4.22. The number of sulfonamides is 1. The van der Waals surface area contributed by atoms with Crippen LogP contribution in [0.25, 0.3) is 6.08 Å². The third-order valence-corrected chi connectivity index (χ3v) is 6.16. The van der Waals surface area contributed by atoms with E-state index in [9.17, 15) is 13.5 Å². The molecule has 0 bridgehead atoms. The first-order chi connectivity index (χ1) is 14.7. The van der Waals surface area contributed by atoms with Crippen molar-refractivity contribution in [2.45, 2.75) is 24.3 Å². The smallest absolute Gasteiger partial charge is 0.261 e. The molecule has 7 heteroatoms. The summed E-state index contributed by atoms with van der Waals surface area (Å²) < 4.78 is 33.2. The first kappa shape index (κ1) is 20.7. The van der Waals surface area contributed by atoms with Crippen molar-refractivity contribution in [3.05, 3.63) is 83.9 Å². The number of phenols is 1. The molecule has 1 heterocycles. The van der Waals surface area contributed by atoms with Crippen molar-refractivity contribution in [3.8, 4) is 11.5 Å². The molecule has 0 saturated heterocycles. The maximum Gasteiger partial charge on any atom is 0.261 e. The van der Waals surface area contributed by atoms with Gasteiger partial charge in [0.1, 0.15) is 17.1 Å². The number of hydrogen-bond acceptors (Lipinski definition) is 5. The van der Waals surface area contributed by atoms with E-state index in [1.54, 1.807) is 54.7 Å². The molecular weight excluding hydrogens is 412 g/mol. The largest absolute Gasteiger partial charge is 0.506 e. The van der Waals surface area contributed by atoms with E-state index >= 15 is 0 Å². The second-order valence-electron chi connectivity index (χ2n) is 7.68. The molecule has 0 saturated carbocycles. The van der Waals surface area contributed by atoms with E-state index in [1.807, 2.05) is 32.1 Å². The highest BCUT2D eigenvalue weighted by atomic mass is 32.2. The van der Waals surface area contributed by atoms with Gasteiger partial charge in [-0.1, -0.05) is 18.2 Å². The van der Waals surface area contributed by atoms with Crippen LogP contribution in [0.15, 0.2) is 82.7 Å². The molecule has 0 aromatic heterocycles. The number of fused-ring (bicyclic) bond motifs is 1. The summed E-state index contributed by atoms with van der Waals surface area (Å²) >= 11 is 0. The van der Waals surface area contributed by atoms with Gasteiger partial charge in [-0.25, -0.2) is 8.42 Å². The number of rotatable bonds is 5. The van der Waals surface area contributed by atoms with Crippen LogP contribution in [-0.4, -0.2) is 25.3 Å². The fraction of sp³-hybridized carbons (Fsp3) is 0.125. The minimum Gasteiger partial charge on any atom is -0.506 e. The minimum absolute atomic E-state index is 0.0974. The molecule has 0 amide bonds. The molecule has 1 aliphatic heterocycles. The number of aliphatic imine (C=N–C) groups is 1. The normalized spacial score (nSPS) is 14.8. The third-order valence-electron chi connectivity index (χ3n) is 4.76. The van der Waals surface area contributed by atoms with Crippen molar-refractivity contribution in [3.63, 3.8) is 0 Å². The highest BCUT2D eigenvalue weighted by Crippen LogP contribution is 2.38. The maximum absolute atomic E-state index is 12.4. The average Bonchev–Trinajstić information content (AvgIpc) is 2.74. The molecule has 6 nitrogen and oxygen atoms in total. The standard InChI is InChI=1S/C24H22N2O4S/c1-24(2)15-14-21-22(30-24)13-8-17(23(21)27)16-25-18-9-11-19(12-10-18)26-31(28,29)20-6-4-3-5-7-20/h3-16,26-27H,1-2H3. The lowest BCUT2D eigenvalue weighted by Gasteiger charge is -2.28. The molecule has 31 heavy (non-hydrogen) atoms. The summed E-state index contributed by atoms with van der Waals surface area (Å²) in [5.41, 5.74) is 1.81. The Morgan fingerprint density at radius 2 is 1.71 bits per heavy atom. The number of hydrogen-bond donors (Lipinski definition) is 2. The van der Waals surface area contributed by atoms with E-state index in [0.29, 0.717) is 28.3 Å². The molecule has 0 atom stereocenters. The zero-order chi connectivity index (χ0) is 22.1. The molecule has 4 rings (SSSR count). The Hall–Kier alpha value is -3.58. The van der Waals surface area contributed by atoms with E-state index in [1.165, 1.54) is 12.1 Å². The second kappa shape index (κ2) is 7.92. The van der Waals surface area contributed by atoms with Crippen molar-refractivity contribution in [1.29, 1.82) is 0 Å². The molecule has 1 aliphatic rings. The molecule has 2 N–H and O–H groups in total. The van der Waals surface area contributed by atoms with Gasteiger partial charge in [0.05, 0.1) is 16.1 Å². The number of benzene rings is 3. The second-order valence-corrected chi connectivity index (χ2v) is 9.36. The van der Waals surface area contributed by atoms with Crippen molar-refractivity contribution in [2.75, 3.05) is 4.72 Å². The maximum atomic E-state index is 12.4. The molecule has 0 fully saturated rings. The quantitative estimate of drug-likeness (QED) is 0.545. The zero-order valence-electron chi connectivity index (χ0n) is 17.1. The predicted molar refractivity (Wildman–Crippen MR) is 123 cm³/mol. The predicted octanol–water partition coefficient (Wildman–Crippen LogP) is 5.13. The van der Waals surface area contributed by atoms with Gasteiger partial charge in [-0.15, -0.1) is 0 Å². The molecule has 158 valence electrons. The van der Waals surface area contributed by atoms with Gasteiger partial charge < -0.3 is 9.84 Å². The lowest BCUT2D eigenvalue weighted by molar-refractivity contribution is 0.158. The first-order valence-corrected chi connectivity index (χ1v) is 11.2. The van der Waals surface area contributed by atoms with Crippen LogP contribution in [0.5, 0.6) is 11.5 Å². The number of phenolic OH excluding ortho intramolecular Hbond substituents is 1. The molecule has 3 aromatic rings. The Bertz CT molecular complexity index is 1260. The van der Waals surface area contributed by atoms with Gasteiger partial charge in [0.2, 0.25) is 0 Å². The summed E-state index contributed by atoms with van der Waals surface area (Å²) in [5, 5.41) is 10.6. The Balaban J connectivity index is 1.50. The van der Waals surface area contributed by atoms with E-state index in [0.717, 1.165) is 0 Å². The van der Waals surface area contributed by atoms with Gasteiger partial charge in [0.15, 0.2) is 0 Å². The Labute approximate surface area is 181 Å². The van der Waals surface area contributed by atoms with Crippen molar-refractivity contribution in [2.24, 2.45) is 4.99 Å². The summed E-state index contributed by atoms with van der Waals surface area (Å²) in [6, 6.07) is 18.4. The van der Waals surface area contributed by atoms with E-state index < -0.39 is 15.6 Å². The van der Waals surface area contributed by atoms with Crippen LogP contribution < -0.4 is 9.46 Å². The number of nitrogens with zero attached hydrogens (tertiary/aromatic N) is 1. The Morgan fingerprint density at radius 3 is 2.42 bits per heavy atom. The van der Waals surface area contributed by atoms with Crippen LogP contribution in [0.3, 0.4) is 0 Å². The third kappa shape index (κ3) is 4.62. The van der Waals surface area contributed by atoms with Gasteiger partial charge in [-0.2, -0.15) is 0 Å². The van der Waals surface area contributed by atoms with Crippen LogP contribution in [-0.2, 0) is 10.0 Å². The monoisotopic (exact) mass is 434 g/mol. The van der Waals surface area contributed by atoms with Gasteiger partial charge in [0.25, 0.3) is 10.0 Å². The number of nitrogens with one attached hydrogen (secondary N) is 1. The van der Waals surface area contributed by atoms with Gasteiger partial charge >= 0.3 is 0 Å². The van der Waals surface area contributed by atoms with E-state index in [-0.39, 0.29) is 10.6 Å². The summed E-state index contributed by atoms with van der Waals surface area (Å²) in [6.45, 7) is 3.89.